The third-order valence-electron chi connectivity index (χ3n) is 1.07. The molecule has 0 bridgehead atoms. The van der Waals surface area contributed by atoms with Crippen LogP contribution in [0.1, 0.15) is 6.92 Å². The average Bonchev–Trinajstić information content (AvgIpc) is 1.97. The van der Waals surface area contributed by atoms with Gasteiger partial charge in [0.05, 0.1) is 5.57 Å². The molecule has 0 saturated heterocycles. The van der Waals surface area contributed by atoms with E-state index in [9.17, 15) is 4.79 Å². The lowest BCUT2D eigenvalue weighted by Gasteiger charge is -1.88. The zero-order valence-electron chi connectivity index (χ0n) is 6.61. The third-order valence-corrected chi connectivity index (χ3v) is 1.07. The van der Waals surface area contributed by atoms with E-state index in [1.165, 1.54) is 18.4 Å². The molecule has 0 unspecified atom stereocenters. The SMILES string of the molecule is C\C=C(/C=C\C=N\C)C(=O)O. The van der Waals surface area contributed by atoms with Crippen LogP contribution in [0.3, 0.4) is 0 Å². The summed E-state index contributed by atoms with van der Waals surface area (Å²) in [6.45, 7) is 1.68. The highest BCUT2D eigenvalue weighted by atomic mass is 16.4. The molecule has 3 nitrogen and oxygen atoms in total. The highest BCUT2D eigenvalue weighted by Crippen LogP contribution is 1.94. The maximum absolute atomic E-state index is 10.4. The Bertz CT molecular complexity index is 214. The van der Waals surface area contributed by atoms with Crippen molar-refractivity contribution in [2.45, 2.75) is 6.92 Å². The van der Waals surface area contributed by atoms with E-state index in [0.717, 1.165) is 0 Å². The molecule has 11 heavy (non-hydrogen) atoms. The quantitative estimate of drug-likeness (QED) is 0.377. The Kier molecular flexibility index (Phi) is 4.73. The van der Waals surface area contributed by atoms with Gasteiger partial charge in [-0.25, -0.2) is 4.79 Å². The molecule has 0 spiro atoms. The van der Waals surface area contributed by atoms with Crippen LogP contribution < -0.4 is 0 Å². The van der Waals surface area contributed by atoms with Gasteiger partial charge in [0.2, 0.25) is 0 Å². The minimum atomic E-state index is -0.923. The van der Waals surface area contributed by atoms with E-state index in [2.05, 4.69) is 4.99 Å². The minimum absolute atomic E-state index is 0.268. The number of carboxylic acid groups (broad SMARTS) is 1. The molecule has 0 aliphatic heterocycles. The van der Waals surface area contributed by atoms with Crippen LogP contribution in [0.2, 0.25) is 0 Å². The topological polar surface area (TPSA) is 49.7 Å². The molecule has 0 aromatic carbocycles. The number of allylic oxidation sites excluding steroid dienone is 2. The number of aliphatic imine (C=N–C) groups is 1. The molecule has 1 N–H and O–H groups in total. The normalized spacial score (nSPS) is 13.1. The van der Waals surface area contributed by atoms with Crippen LogP contribution >= 0.6 is 0 Å². The van der Waals surface area contributed by atoms with Crippen molar-refractivity contribution >= 4 is 12.2 Å². The van der Waals surface area contributed by atoms with E-state index in [4.69, 9.17) is 5.11 Å². The van der Waals surface area contributed by atoms with Crippen molar-refractivity contribution in [3.8, 4) is 0 Å². The van der Waals surface area contributed by atoms with Gasteiger partial charge in [-0.2, -0.15) is 0 Å². The number of hydrogen-bond donors (Lipinski definition) is 1. The Morgan fingerprint density at radius 2 is 2.18 bits per heavy atom. The smallest absolute Gasteiger partial charge is 0.335 e. The van der Waals surface area contributed by atoms with E-state index >= 15 is 0 Å². The molecule has 0 aliphatic carbocycles. The molecule has 0 aliphatic rings. The summed E-state index contributed by atoms with van der Waals surface area (Å²) in [6.07, 6.45) is 6.15. The average molecular weight is 153 g/mol. The summed E-state index contributed by atoms with van der Waals surface area (Å²) < 4.78 is 0. The summed E-state index contributed by atoms with van der Waals surface area (Å²) in [4.78, 5) is 14.0. The maximum Gasteiger partial charge on any atom is 0.335 e. The number of hydrogen-bond acceptors (Lipinski definition) is 2. The monoisotopic (exact) mass is 153 g/mol. The van der Waals surface area contributed by atoms with Crippen LogP contribution in [0.5, 0.6) is 0 Å². The standard InChI is InChI=1S/C8H11NO2/c1-3-7(8(10)11)5-4-6-9-2/h3-6H,1-2H3,(H,10,11)/b5-4-,7-3+,9-6+. The van der Waals surface area contributed by atoms with Crippen molar-refractivity contribution in [2.24, 2.45) is 4.99 Å². The van der Waals surface area contributed by atoms with Crippen molar-refractivity contribution in [2.75, 3.05) is 7.05 Å². The van der Waals surface area contributed by atoms with Gasteiger partial charge in [-0.15, -0.1) is 0 Å². The molecule has 0 aromatic heterocycles. The van der Waals surface area contributed by atoms with Gasteiger partial charge in [0.1, 0.15) is 0 Å². The van der Waals surface area contributed by atoms with Crippen molar-refractivity contribution in [3.63, 3.8) is 0 Å². The molecule has 60 valence electrons. The summed E-state index contributed by atoms with van der Waals surface area (Å²) in [5, 5.41) is 8.51. The highest BCUT2D eigenvalue weighted by molar-refractivity contribution is 5.91. The van der Waals surface area contributed by atoms with Crippen LogP contribution in [-0.2, 0) is 4.79 Å². The first-order valence-corrected chi connectivity index (χ1v) is 3.20. The number of nitrogens with zero attached hydrogens (tertiary/aromatic N) is 1. The summed E-state index contributed by atoms with van der Waals surface area (Å²) in [5.74, 6) is -0.923. The summed E-state index contributed by atoms with van der Waals surface area (Å²) in [7, 11) is 1.63. The molecule has 3 heteroatoms. The van der Waals surface area contributed by atoms with Crippen molar-refractivity contribution in [3.05, 3.63) is 23.8 Å². The van der Waals surface area contributed by atoms with Crippen LogP contribution in [-0.4, -0.2) is 24.3 Å². The molecule has 0 amide bonds. The van der Waals surface area contributed by atoms with Gasteiger partial charge in [0, 0.05) is 13.3 Å². The van der Waals surface area contributed by atoms with E-state index in [1.54, 1.807) is 20.0 Å². The lowest BCUT2D eigenvalue weighted by Crippen LogP contribution is -1.96. The third kappa shape index (κ3) is 4.08. The molecule has 0 heterocycles. The zero-order valence-corrected chi connectivity index (χ0v) is 6.61. The number of aliphatic carboxylic acids is 1. The molecular formula is C8H11NO2. The zero-order chi connectivity index (χ0) is 8.69. The molecular weight excluding hydrogens is 142 g/mol. The van der Waals surface area contributed by atoms with Gasteiger partial charge in [-0.1, -0.05) is 6.08 Å². The molecule has 0 atom stereocenters. The Balaban J connectivity index is 4.22. The Morgan fingerprint density at radius 3 is 2.55 bits per heavy atom. The van der Waals surface area contributed by atoms with Crippen LogP contribution in [0.4, 0.5) is 0 Å². The van der Waals surface area contributed by atoms with E-state index in [-0.39, 0.29) is 5.57 Å². The largest absolute Gasteiger partial charge is 0.478 e. The predicted octanol–water partition coefficient (Wildman–Crippen LogP) is 1.27. The lowest BCUT2D eigenvalue weighted by atomic mass is 10.2. The second-order valence-electron chi connectivity index (χ2n) is 1.82. The Hall–Kier alpha value is -1.38. The van der Waals surface area contributed by atoms with Crippen molar-refractivity contribution in [1.82, 2.24) is 0 Å². The molecule has 0 fully saturated rings. The Labute approximate surface area is 65.8 Å². The second-order valence-corrected chi connectivity index (χ2v) is 1.82. The van der Waals surface area contributed by atoms with Crippen molar-refractivity contribution in [1.29, 1.82) is 0 Å². The van der Waals surface area contributed by atoms with Crippen LogP contribution in [0, 0.1) is 0 Å². The van der Waals surface area contributed by atoms with Gasteiger partial charge in [0.25, 0.3) is 0 Å². The molecule has 0 saturated carbocycles. The van der Waals surface area contributed by atoms with E-state index < -0.39 is 5.97 Å². The first kappa shape index (κ1) is 9.62. The molecule has 0 aromatic rings. The van der Waals surface area contributed by atoms with E-state index in [0.29, 0.717) is 0 Å². The second kappa shape index (κ2) is 5.41. The van der Waals surface area contributed by atoms with Gasteiger partial charge in [-0.3, -0.25) is 4.99 Å². The lowest BCUT2D eigenvalue weighted by molar-refractivity contribution is -0.132. The van der Waals surface area contributed by atoms with Gasteiger partial charge in [0.15, 0.2) is 0 Å². The fourth-order valence-corrected chi connectivity index (χ4v) is 0.524. The minimum Gasteiger partial charge on any atom is -0.478 e. The maximum atomic E-state index is 10.4. The summed E-state index contributed by atoms with van der Waals surface area (Å²) in [6, 6.07) is 0. The van der Waals surface area contributed by atoms with Crippen LogP contribution in [0.25, 0.3) is 0 Å². The predicted molar refractivity (Wildman–Crippen MR) is 44.9 cm³/mol. The molecule has 0 radical (unpaired) electrons. The fraction of sp³-hybridized carbons (Fsp3) is 0.250. The van der Waals surface area contributed by atoms with E-state index in [1.807, 2.05) is 0 Å². The highest BCUT2D eigenvalue weighted by Gasteiger charge is 1.98. The fourth-order valence-electron chi connectivity index (χ4n) is 0.524. The molecule has 0 rings (SSSR count). The Morgan fingerprint density at radius 1 is 1.55 bits per heavy atom. The van der Waals surface area contributed by atoms with Gasteiger partial charge >= 0.3 is 5.97 Å². The van der Waals surface area contributed by atoms with Gasteiger partial charge < -0.3 is 5.11 Å². The number of carbonyl (C=O) groups is 1. The number of rotatable bonds is 3. The first-order chi connectivity index (χ1) is 5.22. The summed E-state index contributed by atoms with van der Waals surface area (Å²) >= 11 is 0. The van der Waals surface area contributed by atoms with Gasteiger partial charge in [-0.05, 0) is 19.1 Å². The summed E-state index contributed by atoms with van der Waals surface area (Å²) in [5.41, 5.74) is 0.268. The van der Waals surface area contributed by atoms with Crippen molar-refractivity contribution < 1.29 is 9.90 Å². The van der Waals surface area contributed by atoms with Crippen LogP contribution in [0.15, 0.2) is 28.8 Å². The first-order valence-electron chi connectivity index (χ1n) is 3.20. The number of carboxylic acids is 1.